The quantitative estimate of drug-likeness (QED) is 0.807. The van der Waals surface area contributed by atoms with Gasteiger partial charge in [-0.3, -0.25) is 0 Å². The Hall–Kier alpha value is -0.460. The Labute approximate surface area is 127 Å². The van der Waals surface area contributed by atoms with Crippen molar-refractivity contribution in [3.63, 3.8) is 0 Å². The molecule has 0 N–H and O–H groups in total. The Morgan fingerprint density at radius 2 is 1.95 bits per heavy atom. The van der Waals surface area contributed by atoms with Crippen molar-refractivity contribution in [2.24, 2.45) is 5.92 Å². The van der Waals surface area contributed by atoms with E-state index in [0.717, 1.165) is 32.1 Å². The largest absolute Gasteiger partial charge is 0.244 e. The molecule has 1 saturated heterocycles. The monoisotopic (exact) mass is 361 g/mol. The highest BCUT2D eigenvalue weighted by Crippen LogP contribution is 2.40. The smallest absolute Gasteiger partial charge is 0.207 e. The molecular weight excluding hydrogens is 345 g/mol. The predicted octanol–water partition coefficient (Wildman–Crippen LogP) is 3.54. The van der Waals surface area contributed by atoms with Crippen LogP contribution in [0, 0.1) is 11.7 Å². The summed E-state index contributed by atoms with van der Waals surface area (Å²) in [6, 6.07) is 3.90. The van der Waals surface area contributed by atoms with Gasteiger partial charge in [0, 0.05) is 17.1 Å². The van der Waals surface area contributed by atoms with E-state index in [4.69, 9.17) is 0 Å². The van der Waals surface area contributed by atoms with Crippen LogP contribution in [0.1, 0.15) is 32.1 Å². The molecule has 0 amide bonds. The average molecular weight is 362 g/mol. The number of piperidine rings is 1. The molecule has 0 bridgehead atoms. The molecule has 2 unspecified atom stereocenters. The van der Waals surface area contributed by atoms with Gasteiger partial charge in [-0.05, 0) is 65.7 Å². The van der Waals surface area contributed by atoms with Gasteiger partial charge in [0.05, 0.1) is 4.90 Å². The summed E-state index contributed by atoms with van der Waals surface area (Å²) in [4.78, 5) is 0.173. The van der Waals surface area contributed by atoms with Crippen LogP contribution >= 0.6 is 15.9 Å². The van der Waals surface area contributed by atoms with Crippen molar-refractivity contribution in [3.05, 3.63) is 28.5 Å². The van der Waals surface area contributed by atoms with Crippen molar-refractivity contribution < 1.29 is 12.8 Å². The minimum Gasteiger partial charge on any atom is -0.207 e. The molecule has 0 radical (unpaired) electrons. The Balaban J connectivity index is 1.98. The number of halogens is 2. The maximum absolute atomic E-state index is 13.2. The third kappa shape index (κ3) is 2.42. The summed E-state index contributed by atoms with van der Waals surface area (Å²) in [7, 11) is -3.54. The lowest BCUT2D eigenvalue weighted by atomic mass is 9.94. The summed E-state index contributed by atoms with van der Waals surface area (Å²) < 4.78 is 40.8. The van der Waals surface area contributed by atoms with Gasteiger partial charge in [-0.15, -0.1) is 0 Å². The molecule has 3 nitrogen and oxygen atoms in total. The van der Waals surface area contributed by atoms with E-state index in [1.54, 1.807) is 4.31 Å². The summed E-state index contributed by atoms with van der Waals surface area (Å²) in [6.07, 6.45) is 5.22. The minimum absolute atomic E-state index is 0.130. The molecular formula is C14H17BrFNO2S. The van der Waals surface area contributed by atoms with E-state index in [2.05, 4.69) is 15.9 Å². The molecule has 1 aromatic rings. The summed E-state index contributed by atoms with van der Waals surface area (Å²) >= 11 is 3.18. The van der Waals surface area contributed by atoms with Crippen molar-refractivity contribution in [2.45, 2.75) is 43.0 Å². The zero-order valence-electron chi connectivity index (χ0n) is 11.1. The molecule has 1 aromatic carbocycles. The predicted molar refractivity (Wildman–Crippen MR) is 78.4 cm³/mol. The molecule has 2 atom stereocenters. The maximum atomic E-state index is 13.2. The SMILES string of the molecule is O=S(=O)(c1ccc(F)cc1Br)N1CCCC2CCCC21. The third-order valence-electron chi connectivity index (χ3n) is 4.42. The highest BCUT2D eigenvalue weighted by Gasteiger charge is 2.41. The number of sulfonamides is 1. The van der Waals surface area contributed by atoms with Crippen molar-refractivity contribution in [3.8, 4) is 0 Å². The van der Waals surface area contributed by atoms with Crippen molar-refractivity contribution in [2.75, 3.05) is 6.54 Å². The van der Waals surface area contributed by atoms with Crippen LogP contribution in [0.4, 0.5) is 4.39 Å². The van der Waals surface area contributed by atoms with Crippen LogP contribution in [0.5, 0.6) is 0 Å². The van der Waals surface area contributed by atoms with Gasteiger partial charge in [0.25, 0.3) is 0 Å². The van der Waals surface area contributed by atoms with Crippen molar-refractivity contribution in [1.82, 2.24) is 4.31 Å². The third-order valence-corrected chi connectivity index (χ3v) is 7.32. The van der Waals surface area contributed by atoms with E-state index in [0.29, 0.717) is 16.9 Å². The number of rotatable bonds is 2. The fourth-order valence-corrected chi connectivity index (χ4v) is 6.28. The van der Waals surface area contributed by atoms with E-state index in [-0.39, 0.29) is 10.9 Å². The fourth-order valence-electron chi connectivity index (χ4n) is 3.52. The first-order chi connectivity index (χ1) is 9.50. The second kappa shape index (κ2) is 5.39. The average Bonchev–Trinajstić information content (AvgIpc) is 2.85. The van der Waals surface area contributed by atoms with Crippen molar-refractivity contribution >= 4 is 26.0 Å². The Morgan fingerprint density at radius 1 is 1.20 bits per heavy atom. The van der Waals surface area contributed by atoms with Crippen LogP contribution in [0.3, 0.4) is 0 Å². The number of hydrogen-bond donors (Lipinski definition) is 0. The van der Waals surface area contributed by atoms with Gasteiger partial charge in [-0.2, -0.15) is 4.31 Å². The van der Waals surface area contributed by atoms with Gasteiger partial charge < -0.3 is 0 Å². The van der Waals surface area contributed by atoms with Crippen LogP contribution in [-0.2, 0) is 10.0 Å². The molecule has 0 aromatic heterocycles. The normalized spacial score (nSPS) is 27.5. The van der Waals surface area contributed by atoms with Crippen molar-refractivity contribution in [1.29, 1.82) is 0 Å². The van der Waals surface area contributed by atoms with Gasteiger partial charge in [0.15, 0.2) is 0 Å². The van der Waals surface area contributed by atoms with E-state index < -0.39 is 15.8 Å². The molecule has 0 spiro atoms. The van der Waals surface area contributed by atoms with Gasteiger partial charge in [-0.1, -0.05) is 6.42 Å². The Bertz CT molecular complexity index is 620. The first-order valence-corrected chi connectivity index (χ1v) is 9.20. The van der Waals surface area contributed by atoms with Crippen LogP contribution in [0.25, 0.3) is 0 Å². The highest BCUT2D eigenvalue weighted by atomic mass is 79.9. The highest BCUT2D eigenvalue weighted by molar-refractivity contribution is 9.10. The molecule has 1 aliphatic carbocycles. The van der Waals surface area contributed by atoms with Gasteiger partial charge in [0.1, 0.15) is 5.82 Å². The second-order valence-corrected chi connectivity index (χ2v) is 8.30. The van der Waals surface area contributed by atoms with Gasteiger partial charge >= 0.3 is 0 Å². The van der Waals surface area contributed by atoms with Gasteiger partial charge in [0.2, 0.25) is 10.0 Å². The lowest BCUT2D eigenvalue weighted by molar-refractivity contribution is 0.202. The molecule has 2 fully saturated rings. The molecule has 6 heteroatoms. The molecule has 110 valence electrons. The maximum Gasteiger partial charge on any atom is 0.244 e. The van der Waals surface area contributed by atoms with E-state index in [1.165, 1.54) is 18.2 Å². The number of fused-ring (bicyclic) bond motifs is 1. The minimum atomic E-state index is -3.54. The van der Waals surface area contributed by atoms with Crippen LogP contribution in [0.2, 0.25) is 0 Å². The van der Waals surface area contributed by atoms with E-state index >= 15 is 0 Å². The molecule has 3 rings (SSSR count). The summed E-state index contributed by atoms with van der Waals surface area (Å²) in [6.45, 7) is 0.577. The molecule has 1 heterocycles. The van der Waals surface area contributed by atoms with Crippen LogP contribution in [-0.4, -0.2) is 25.3 Å². The lowest BCUT2D eigenvalue weighted by Crippen LogP contribution is -2.46. The standard InChI is InChI=1S/C14H17BrFNO2S/c15-12-9-11(16)6-7-14(12)20(18,19)17-8-2-4-10-3-1-5-13(10)17/h6-7,9-10,13H,1-5,8H2. The molecule has 1 aliphatic heterocycles. The number of nitrogens with zero attached hydrogens (tertiary/aromatic N) is 1. The summed E-state index contributed by atoms with van der Waals surface area (Å²) in [5, 5.41) is 0. The lowest BCUT2D eigenvalue weighted by Gasteiger charge is -2.36. The molecule has 1 saturated carbocycles. The Morgan fingerprint density at radius 3 is 2.70 bits per heavy atom. The second-order valence-electron chi connectivity index (χ2n) is 5.59. The molecule has 2 aliphatic rings. The summed E-state index contributed by atoms with van der Waals surface area (Å²) in [5.41, 5.74) is 0. The fraction of sp³-hybridized carbons (Fsp3) is 0.571. The zero-order valence-corrected chi connectivity index (χ0v) is 13.5. The topological polar surface area (TPSA) is 37.4 Å². The zero-order chi connectivity index (χ0) is 14.3. The first kappa shape index (κ1) is 14.5. The number of benzene rings is 1. The van der Waals surface area contributed by atoms with E-state index in [1.807, 2.05) is 0 Å². The number of hydrogen-bond acceptors (Lipinski definition) is 2. The van der Waals surface area contributed by atoms with Crippen LogP contribution < -0.4 is 0 Å². The first-order valence-electron chi connectivity index (χ1n) is 6.97. The Kier molecular flexibility index (Phi) is 3.90. The van der Waals surface area contributed by atoms with Crippen LogP contribution in [0.15, 0.2) is 27.6 Å². The van der Waals surface area contributed by atoms with E-state index in [9.17, 15) is 12.8 Å². The molecule has 20 heavy (non-hydrogen) atoms. The summed E-state index contributed by atoms with van der Waals surface area (Å²) in [5.74, 6) is 0.0611. The van der Waals surface area contributed by atoms with Gasteiger partial charge in [-0.25, -0.2) is 12.8 Å².